The number of halogens is 5. The highest BCUT2D eigenvalue weighted by molar-refractivity contribution is 7.16. The smallest absolute Gasteiger partial charge is 0.374 e. The molecule has 2 heterocycles. The number of amides is 1. The van der Waals surface area contributed by atoms with Crippen LogP contribution in [0.4, 0.5) is 13.2 Å². The van der Waals surface area contributed by atoms with E-state index in [0.717, 1.165) is 43.2 Å². The van der Waals surface area contributed by atoms with E-state index in [1.807, 2.05) is 13.8 Å². The van der Waals surface area contributed by atoms with Crippen LogP contribution in [0.5, 0.6) is 0 Å². The van der Waals surface area contributed by atoms with Gasteiger partial charge in [-0.25, -0.2) is 0 Å². The molecule has 1 amide bonds. The number of oxime groups is 1. The lowest BCUT2D eigenvalue weighted by molar-refractivity contribution is -0.275. The molecule has 4 rings (SSSR count). The number of terminal acetylenes is 1. The molecule has 0 spiro atoms. The minimum absolute atomic E-state index is 0.0508. The molecule has 194 valence electrons. The van der Waals surface area contributed by atoms with Crippen LogP contribution in [0.25, 0.3) is 0 Å². The largest absolute Gasteiger partial charge is 0.435 e. The number of hydrogen-bond acceptors (Lipinski definition) is 4. The Labute approximate surface area is 223 Å². The van der Waals surface area contributed by atoms with Crippen LogP contribution in [0, 0.1) is 12.8 Å². The topological polar surface area (TPSA) is 50.7 Å². The normalized spacial score (nSPS) is 19.1. The fourth-order valence-electron chi connectivity index (χ4n) is 4.60. The predicted molar refractivity (Wildman–Crippen MR) is 139 cm³/mol. The summed E-state index contributed by atoms with van der Waals surface area (Å²) in [5, 5.41) is 7.14. The molecule has 2 aromatic rings. The molecular formula is C26H27Cl2F3N2O2S. The first kappa shape index (κ1) is 28.4. The van der Waals surface area contributed by atoms with E-state index in [1.165, 1.54) is 29.5 Å². The first-order chi connectivity index (χ1) is 17.1. The van der Waals surface area contributed by atoms with Gasteiger partial charge in [0, 0.05) is 21.7 Å². The van der Waals surface area contributed by atoms with E-state index in [9.17, 15) is 18.0 Å². The molecule has 10 heteroatoms. The number of benzene rings is 1. The molecule has 4 nitrogen and oxygen atoms in total. The molecule has 2 aliphatic rings. The highest BCUT2D eigenvalue weighted by Crippen LogP contribution is 2.51. The number of nitrogens with zero attached hydrogens (tertiary/aromatic N) is 1. The fourth-order valence-corrected chi connectivity index (χ4v) is 6.41. The Hall–Kier alpha value is -2.21. The van der Waals surface area contributed by atoms with Crippen molar-refractivity contribution in [2.24, 2.45) is 5.16 Å². The zero-order chi connectivity index (χ0) is 26.7. The summed E-state index contributed by atoms with van der Waals surface area (Å²) in [6, 6.07) is 3.83. The summed E-state index contributed by atoms with van der Waals surface area (Å²) in [7, 11) is 0. The summed E-state index contributed by atoms with van der Waals surface area (Å²) in [5.41, 5.74) is -0.866. The van der Waals surface area contributed by atoms with Crippen LogP contribution in [0.15, 0.2) is 23.4 Å². The molecule has 1 atom stereocenters. The Bertz CT molecular complexity index is 1150. The highest BCUT2D eigenvalue weighted by atomic mass is 35.5. The maximum absolute atomic E-state index is 14.4. The monoisotopic (exact) mass is 558 g/mol. The summed E-state index contributed by atoms with van der Waals surface area (Å²) in [4.78, 5) is 19.4. The second-order valence-electron chi connectivity index (χ2n) is 8.70. The van der Waals surface area contributed by atoms with Crippen LogP contribution in [0.1, 0.15) is 77.2 Å². The first-order valence-electron chi connectivity index (χ1n) is 11.7. The second kappa shape index (κ2) is 11.5. The quantitative estimate of drug-likeness (QED) is 0.369. The summed E-state index contributed by atoms with van der Waals surface area (Å²) in [6.45, 7) is 4.01. The lowest BCUT2D eigenvalue weighted by atomic mass is 9.85. The van der Waals surface area contributed by atoms with Crippen molar-refractivity contribution in [1.82, 2.24) is 5.32 Å². The number of nitrogens with one attached hydrogen (secondary N) is 1. The standard InChI is InChI=1S/C24H25Cl2F3N2O2S.C2H2/c1-3-16(4-2)30-22(32)21-18-8-6-5-7-17(18)20(34-21)19-12-23(33-31-19,24(27,28)29)13-9-14(25)11-15(26)10-13;1-2/h9-11,16H,3-8,12H2,1-2H3,(H,30,32);1-2H. The third-order valence-corrected chi connectivity index (χ3v) is 8.28. The maximum atomic E-state index is 14.4. The average Bonchev–Trinajstić information content (AvgIpc) is 3.46. The zero-order valence-electron chi connectivity index (χ0n) is 20.0. The minimum atomic E-state index is -4.76. The Kier molecular flexibility index (Phi) is 9.02. The van der Waals surface area contributed by atoms with E-state index in [-0.39, 0.29) is 33.3 Å². The molecule has 1 aliphatic carbocycles. The SMILES string of the molecule is C#C.CCC(CC)NC(=O)c1sc(C2=NOC(c3cc(Cl)cc(Cl)c3)(C(F)(F)F)C2)c2c1CCCC2. The summed E-state index contributed by atoms with van der Waals surface area (Å²) in [5.74, 6) is -0.175. The number of hydrogen-bond donors (Lipinski definition) is 1. The van der Waals surface area contributed by atoms with E-state index < -0.39 is 18.2 Å². The fraction of sp³-hybridized carbons (Fsp3) is 0.462. The van der Waals surface area contributed by atoms with Crippen molar-refractivity contribution >= 4 is 46.2 Å². The summed E-state index contributed by atoms with van der Waals surface area (Å²) < 4.78 is 43.2. The van der Waals surface area contributed by atoms with Gasteiger partial charge in [0.1, 0.15) is 5.71 Å². The van der Waals surface area contributed by atoms with Crippen LogP contribution in [0.3, 0.4) is 0 Å². The van der Waals surface area contributed by atoms with E-state index in [2.05, 4.69) is 23.3 Å². The molecule has 0 bridgehead atoms. The van der Waals surface area contributed by atoms with Crippen LogP contribution >= 0.6 is 34.5 Å². The highest BCUT2D eigenvalue weighted by Gasteiger charge is 2.62. The molecular weight excluding hydrogens is 532 g/mol. The Morgan fingerprint density at radius 1 is 1.14 bits per heavy atom. The summed E-state index contributed by atoms with van der Waals surface area (Å²) in [6.07, 6.45) is 7.59. The van der Waals surface area contributed by atoms with Crippen molar-refractivity contribution in [3.8, 4) is 12.8 Å². The Morgan fingerprint density at radius 3 is 2.28 bits per heavy atom. The number of carbonyl (C=O) groups is 1. The number of carbonyl (C=O) groups excluding carboxylic acids is 1. The second-order valence-corrected chi connectivity index (χ2v) is 10.6. The van der Waals surface area contributed by atoms with Crippen molar-refractivity contribution in [2.75, 3.05) is 0 Å². The molecule has 36 heavy (non-hydrogen) atoms. The molecule has 1 unspecified atom stereocenters. The lowest BCUT2D eigenvalue weighted by Crippen LogP contribution is -2.42. The molecule has 0 radical (unpaired) electrons. The van der Waals surface area contributed by atoms with Crippen LogP contribution in [-0.2, 0) is 23.3 Å². The third-order valence-electron chi connectivity index (χ3n) is 6.52. The van der Waals surface area contributed by atoms with Gasteiger partial charge in [0.2, 0.25) is 0 Å². The molecule has 1 aliphatic heterocycles. The molecule has 0 saturated carbocycles. The summed E-state index contributed by atoms with van der Waals surface area (Å²) >= 11 is 13.2. The molecule has 1 aromatic carbocycles. The van der Waals surface area contributed by atoms with Crippen molar-refractivity contribution in [1.29, 1.82) is 0 Å². The van der Waals surface area contributed by atoms with Crippen LogP contribution in [-0.4, -0.2) is 23.8 Å². The van der Waals surface area contributed by atoms with Crippen LogP contribution in [0.2, 0.25) is 10.0 Å². The predicted octanol–water partition coefficient (Wildman–Crippen LogP) is 7.68. The third kappa shape index (κ3) is 5.39. The molecule has 1 N–H and O–H groups in total. The number of thiophene rings is 1. The van der Waals surface area contributed by atoms with E-state index >= 15 is 0 Å². The average molecular weight is 559 g/mol. The van der Waals surface area contributed by atoms with Crippen LogP contribution < -0.4 is 5.32 Å². The van der Waals surface area contributed by atoms with Crippen molar-refractivity contribution < 1.29 is 22.8 Å². The van der Waals surface area contributed by atoms with Gasteiger partial charge >= 0.3 is 6.18 Å². The van der Waals surface area contributed by atoms with Gasteiger partial charge in [-0.3, -0.25) is 4.79 Å². The van der Waals surface area contributed by atoms with Gasteiger partial charge in [-0.1, -0.05) is 42.2 Å². The van der Waals surface area contributed by atoms with Gasteiger partial charge in [-0.15, -0.1) is 24.2 Å². The van der Waals surface area contributed by atoms with Gasteiger partial charge in [0.25, 0.3) is 11.5 Å². The maximum Gasteiger partial charge on any atom is 0.435 e. The van der Waals surface area contributed by atoms with Gasteiger partial charge in [0.05, 0.1) is 16.2 Å². The number of fused-ring (bicyclic) bond motifs is 1. The minimum Gasteiger partial charge on any atom is -0.374 e. The van der Waals surface area contributed by atoms with Crippen molar-refractivity contribution in [3.05, 3.63) is 54.7 Å². The first-order valence-corrected chi connectivity index (χ1v) is 13.2. The number of rotatable bonds is 6. The molecule has 0 fully saturated rings. The lowest BCUT2D eigenvalue weighted by Gasteiger charge is -2.29. The van der Waals surface area contributed by atoms with Gasteiger partial charge in [-0.05, 0) is 67.9 Å². The van der Waals surface area contributed by atoms with Gasteiger partial charge < -0.3 is 10.2 Å². The molecule has 0 saturated heterocycles. The zero-order valence-corrected chi connectivity index (χ0v) is 22.3. The Morgan fingerprint density at radius 2 is 1.72 bits per heavy atom. The van der Waals surface area contributed by atoms with E-state index in [1.54, 1.807) is 0 Å². The van der Waals surface area contributed by atoms with Crippen molar-refractivity contribution in [3.63, 3.8) is 0 Å². The van der Waals surface area contributed by atoms with Gasteiger partial charge in [0.15, 0.2) is 0 Å². The van der Waals surface area contributed by atoms with Crippen molar-refractivity contribution in [2.45, 2.75) is 76.6 Å². The Balaban J connectivity index is 0.00000176. The number of alkyl halides is 3. The molecule has 1 aromatic heterocycles. The van der Waals surface area contributed by atoms with Gasteiger partial charge in [-0.2, -0.15) is 13.2 Å². The van der Waals surface area contributed by atoms with E-state index in [4.69, 9.17) is 28.0 Å². The van der Waals surface area contributed by atoms with E-state index in [0.29, 0.717) is 16.2 Å².